The first-order valence-electron chi connectivity index (χ1n) is 7.99. The van der Waals surface area contributed by atoms with Gasteiger partial charge in [-0.05, 0) is 30.0 Å². The lowest BCUT2D eigenvalue weighted by Crippen LogP contribution is -2.16. The normalized spacial score (nSPS) is 19.0. The highest BCUT2D eigenvalue weighted by atomic mass is 19.4. The van der Waals surface area contributed by atoms with E-state index in [9.17, 15) is 22.8 Å². The van der Waals surface area contributed by atoms with Gasteiger partial charge < -0.3 is 10.5 Å². The molecule has 1 fully saturated rings. The molecule has 1 aliphatic carbocycles. The molecule has 2 atom stereocenters. The number of benzene rings is 2. The van der Waals surface area contributed by atoms with E-state index in [0.717, 1.165) is 6.07 Å². The maximum Gasteiger partial charge on any atom is 0.416 e. The fraction of sp³-hybridized carbons (Fsp3) is 0.263. The molecule has 0 bridgehead atoms. The van der Waals surface area contributed by atoms with E-state index in [1.807, 2.05) is 0 Å². The van der Waals surface area contributed by atoms with E-state index in [-0.39, 0.29) is 17.7 Å². The van der Waals surface area contributed by atoms with Crippen LogP contribution in [0.2, 0.25) is 0 Å². The van der Waals surface area contributed by atoms with E-state index < -0.39 is 35.5 Å². The van der Waals surface area contributed by atoms with Gasteiger partial charge >= 0.3 is 12.1 Å². The minimum absolute atomic E-state index is 0.111. The molecule has 1 amide bonds. The van der Waals surface area contributed by atoms with Crippen molar-refractivity contribution in [3.63, 3.8) is 0 Å². The number of esters is 1. The molecule has 0 aromatic heterocycles. The number of nitrogens with two attached hydrogens (primary N) is 1. The van der Waals surface area contributed by atoms with Crippen molar-refractivity contribution in [2.45, 2.75) is 25.1 Å². The largest absolute Gasteiger partial charge is 0.461 e. The molecule has 0 heterocycles. The minimum Gasteiger partial charge on any atom is -0.461 e. The molecule has 4 nitrogen and oxygen atoms in total. The van der Waals surface area contributed by atoms with Gasteiger partial charge in [0, 0.05) is 11.1 Å². The molecular weight excluding hydrogens is 347 g/mol. The third-order valence-electron chi connectivity index (χ3n) is 4.41. The molecule has 2 unspecified atom stereocenters. The first-order valence-corrected chi connectivity index (χ1v) is 7.99. The van der Waals surface area contributed by atoms with Crippen molar-refractivity contribution in [3.8, 4) is 0 Å². The summed E-state index contributed by atoms with van der Waals surface area (Å²) in [5.41, 5.74) is 5.36. The highest BCUT2D eigenvalue weighted by Crippen LogP contribution is 2.51. The number of rotatable bonds is 5. The summed E-state index contributed by atoms with van der Waals surface area (Å²) in [5, 5.41) is 0. The lowest BCUT2D eigenvalue weighted by molar-refractivity contribution is -0.147. The smallest absolute Gasteiger partial charge is 0.416 e. The van der Waals surface area contributed by atoms with Crippen LogP contribution in [0.4, 0.5) is 13.2 Å². The fourth-order valence-electron chi connectivity index (χ4n) is 3.02. The third-order valence-corrected chi connectivity index (χ3v) is 4.41. The van der Waals surface area contributed by atoms with Crippen molar-refractivity contribution in [1.29, 1.82) is 0 Å². The quantitative estimate of drug-likeness (QED) is 0.825. The molecule has 2 aromatic rings. The van der Waals surface area contributed by atoms with Gasteiger partial charge in [-0.15, -0.1) is 0 Å². The Morgan fingerprint density at radius 1 is 1.08 bits per heavy atom. The minimum atomic E-state index is -4.46. The van der Waals surface area contributed by atoms with Crippen molar-refractivity contribution in [2.75, 3.05) is 0 Å². The molecule has 0 spiro atoms. The number of primary amides is 1. The Bertz CT molecular complexity index is 848. The van der Waals surface area contributed by atoms with Crippen LogP contribution in [-0.2, 0) is 22.3 Å². The standard InChI is InChI=1S/C19H16F3NO3/c20-19(21,22)16-8-4-3-7-13(16)14-9-15(14)18(25)26-10-11-5-1-2-6-12(11)17(23)24/h1-8,14-15H,9-10H2,(H2,23,24). The number of amides is 1. The summed E-state index contributed by atoms with van der Waals surface area (Å²) in [5.74, 6) is -2.34. The number of carbonyl (C=O) groups is 2. The van der Waals surface area contributed by atoms with Gasteiger partial charge in [0.05, 0.1) is 11.5 Å². The zero-order chi connectivity index (χ0) is 18.9. The van der Waals surface area contributed by atoms with Crippen LogP contribution in [0.15, 0.2) is 48.5 Å². The van der Waals surface area contributed by atoms with Crippen LogP contribution in [0, 0.1) is 5.92 Å². The number of carbonyl (C=O) groups excluding carboxylic acids is 2. The molecule has 136 valence electrons. The second kappa shape index (κ2) is 6.82. The van der Waals surface area contributed by atoms with Gasteiger partial charge in [-0.25, -0.2) is 0 Å². The second-order valence-corrected chi connectivity index (χ2v) is 6.16. The Labute approximate surface area is 147 Å². The highest BCUT2D eigenvalue weighted by Gasteiger charge is 2.48. The van der Waals surface area contributed by atoms with E-state index >= 15 is 0 Å². The number of hydrogen-bond donors (Lipinski definition) is 1. The lowest BCUT2D eigenvalue weighted by atomic mass is 10.0. The van der Waals surface area contributed by atoms with Crippen molar-refractivity contribution in [2.24, 2.45) is 11.7 Å². The first-order chi connectivity index (χ1) is 12.3. The molecular formula is C19H16F3NO3. The summed E-state index contributed by atoms with van der Waals surface area (Å²) >= 11 is 0. The number of ether oxygens (including phenoxy) is 1. The Kier molecular flexibility index (Phi) is 4.71. The Hall–Kier alpha value is -2.83. The van der Waals surface area contributed by atoms with Gasteiger partial charge in [-0.1, -0.05) is 36.4 Å². The van der Waals surface area contributed by atoms with Crippen molar-refractivity contribution in [1.82, 2.24) is 0 Å². The van der Waals surface area contributed by atoms with Gasteiger partial charge in [0.15, 0.2) is 0 Å². The summed E-state index contributed by atoms with van der Waals surface area (Å²) in [6, 6.07) is 11.7. The molecule has 2 N–H and O–H groups in total. The van der Waals surface area contributed by atoms with Crippen molar-refractivity contribution in [3.05, 3.63) is 70.8 Å². The molecule has 3 rings (SSSR count). The lowest BCUT2D eigenvalue weighted by Gasteiger charge is -2.12. The van der Waals surface area contributed by atoms with Gasteiger partial charge in [-0.2, -0.15) is 13.2 Å². The maximum absolute atomic E-state index is 13.1. The molecule has 1 aliphatic rings. The number of alkyl halides is 3. The monoisotopic (exact) mass is 363 g/mol. The van der Waals surface area contributed by atoms with E-state index in [4.69, 9.17) is 10.5 Å². The van der Waals surface area contributed by atoms with E-state index in [2.05, 4.69) is 0 Å². The van der Waals surface area contributed by atoms with E-state index in [1.165, 1.54) is 24.3 Å². The molecule has 7 heteroatoms. The molecule has 26 heavy (non-hydrogen) atoms. The molecule has 0 saturated heterocycles. The predicted molar refractivity (Wildman–Crippen MR) is 87.0 cm³/mol. The third kappa shape index (κ3) is 3.71. The Balaban J connectivity index is 1.67. The SMILES string of the molecule is NC(=O)c1ccccc1COC(=O)C1CC1c1ccccc1C(F)(F)F. The molecule has 0 radical (unpaired) electrons. The number of hydrogen-bond acceptors (Lipinski definition) is 3. The summed E-state index contributed by atoms with van der Waals surface area (Å²) < 4.78 is 44.5. The topological polar surface area (TPSA) is 69.4 Å². The van der Waals surface area contributed by atoms with Crippen LogP contribution in [-0.4, -0.2) is 11.9 Å². The Morgan fingerprint density at radius 3 is 2.42 bits per heavy atom. The summed E-state index contributed by atoms with van der Waals surface area (Å²) in [7, 11) is 0. The summed E-state index contributed by atoms with van der Waals surface area (Å²) in [4.78, 5) is 23.5. The van der Waals surface area contributed by atoms with Crippen LogP contribution >= 0.6 is 0 Å². The van der Waals surface area contributed by atoms with Crippen molar-refractivity contribution < 1.29 is 27.5 Å². The maximum atomic E-state index is 13.1. The number of halogens is 3. The second-order valence-electron chi connectivity index (χ2n) is 6.16. The summed E-state index contributed by atoms with van der Waals surface area (Å²) in [6.07, 6.45) is -4.16. The van der Waals surface area contributed by atoms with Crippen LogP contribution in [0.3, 0.4) is 0 Å². The van der Waals surface area contributed by atoms with E-state index in [1.54, 1.807) is 18.2 Å². The van der Waals surface area contributed by atoms with Crippen molar-refractivity contribution >= 4 is 11.9 Å². The van der Waals surface area contributed by atoms with Gasteiger partial charge in [0.2, 0.25) is 5.91 Å². The first kappa shape index (κ1) is 18.0. The molecule has 2 aromatic carbocycles. The van der Waals surface area contributed by atoms with E-state index in [0.29, 0.717) is 12.0 Å². The highest BCUT2D eigenvalue weighted by molar-refractivity contribution is 5.94. The zero-order valence-corrected chi connectivity index (χ0v) is 13.6. The van der Waals surface area contributed by atoms with Crippen LogP contribution in [0.5, 0.6) is 0 Å². The summed E-state index contributed by atoms with van der Waals surface area (Å²) in [6.45, 7) is -0.151. The molecule has 0 aliphatic heterocycles. The van der Waals surface area contributed by atoms with Crippen LogP contribution < -0.4 is 5.73 Å². The van der Waals surface area contributed by atoms with Gasteiger partial charge in [0.25, 0.3) is 0 Å². The van der Waals surface area contributed by atoms with Gasteiger partial charge in [0.1, 0.15) is 6.61 Å². The predicted octanol–water partition coefficient (Wildman–Crippen LogP) is 3.65. The average molecular weight is 363 g/mol. The van der Waals surface area contributed by atoms with Crippen LogP contribution in [0.25, 0.3) is 0 Å². The molecule has 1 saturated carbocycles. The zero-order valence-electron chi connectivity index (χ0n) is 13.6. The average Bonchev–Trinajstić information content (AvgIpc) is 3.40. The Morgan fingerprint density at radius 2 is 1.73 bits per heavy atom. The van der Waals surface area contributed by atoms with Crippen LogP contribution in [0.1, 0.15) is 39.4 Å². The fourth-order valence-corrected chi connectivity index (χ4v) is 3.02. The van der Waals surface area contributed by atoms with Gasteiger partial charge in [-0.3, -0.25) is 9.59 Å².